The zero-order chi connectivity index (χ0) is 20.1. The van der Waals surface area contributed by atoms with Crippen LogP contribution in [0.3, 0.4) is 0 Å². The van der Waals surface area contributed by atoms with E-state index >= 15 is 0 Å². The van der Waals surface area contributed by atoms with Crippen molar-refractivity contribution in [3.8, 4) is 22.8 Å². The number of ether oxygens (including phenoxy) is 2. The number of nitrogens with zero attached hydrogens (tertiary/aromatic N) is 2. The predicted octanol–water partition coefficient (Wildman–Crippen LogP) is 5.06. The highest BCUT2D eigenvalue weighted by atomic mass is 16.6. The molecule has 0 saturated carbocycles. The van der Waals surface area contributed by atoms with Crippen LogP contribution in [0.5, 0.6) is 11.5 Å². The summed E-state index contributed by atoms with van der Waals surface area (Å²) in [6, 6.07) is 21.4. The Labute approximate surface area is 168 Å². The van der Waals surface area contributed by atoms with Gasteiger partial charge < -0.3 is 18.8 Å². The second-order valence-electron chi connectivity index (χ2n) is 6.32. The number of fused-ring (bicyclic) bond motifs is 1. The summed E-state index contributed by atoms with van der Waals surface area (Å²) in [6.45, 7) is 0.173. The van der Waals surface area contributed by atoms with Gasteiger partial charge in [-0.15, -0.1) is 0 Å². The number of benzene rings is 3. The number of hydrogen-bond acceptors (Lipinski definition) is 6. The highest BCUT2D eigenvalue weighted by molar-refractivity contribution is 6.02. The van der Waals surface area contributed by atoms with Gasteiger partial charge in [0, 0.05) is 17.2 Å². The van der Waals surface area contributed by atoms with Crippen LogP contribution < -0.4 is 9.47 Å². The van der Waals surface area contributed by atoms with Gasteiger partial charge in [0.15, 0.2) is 12.4 Å². The molecule has 0 amide bonds. The Balaban J connectivity index is 1.45. The van der Waals surface area contributed by atoms with Crippen molar-refractivity contribution in [2.24, 2.45) is 5.16 Å². The first-order chi connectivity index (χ1) is 14.3. The number of rotatable bonds is 7. The number of methoxy groups -OCH3 is 2. The number of oxime groups is 1. The summed E-state index contributed by atoms with van der Waals surface area (Å²) in [5.74, 6) is 2.11. The van der Waals surface area contributed by atoms with Crippen LogP contribution in [0.2, 0.25) is 0 Å². The molecule has 0 spiro atoms. The number of hydrogen-bond donors (Lipinski definition) is 0. The fraction of sp³-hybridized carbons (Fsp3) is 0.130. The molecule has 1 heterocycles. The first kappa shape index (κ1) is 18.6. The minimum Gasteiger partial charge on any atom is -0.497 e. The highest BCUT2D eigenvalue weighted by Crippen LogP contribution is 2.26. The standard InChI is InChI=1S/C23H20N2O4/c1-26-18-10-7-17(8-11-18)22-13-19(29-25-22)15-28-24-14-21-20-6-4-3-5-16(20)9-12-23(21)27-2/h3-14H,15H2,1-2H3/b24-14-. The van der Waals surface area contributed by atoms with Crippen molar-refractivity contribution in [2.45, 2.75) is 6.61 Å². The minimum absolute atomic E-state index is 0.173. The zero-order valence-corrected chi connectivity index (χ0v) is 16.2. The maximum atomic E-state index is 5.45. The van der Waals surface area contributed by atoms with E-state index in [2.05, 4.69) is 10.3 Å². The summed E-state index contributed by atoms with van der Waals surface area (Å²) in [5.41, 5.74) is 2.53. The lowest BCUT2D eigenvalue weighted by Gasteiger charge is -2.08. The lowest BCUT2D eigenvalue weighted by molar-refractivity contribution is 0.110. The van der Waals surface area contributed by atoms with Crippen molar-refractivity contribution >= 4 is 17.0 Å². The Bertz CT molecular complexity index is 1130. The van der Waals surface area contributed by atoms with Crippen LogP contribution in [0.1, 0.15) is 11.3 Å². The van der Waals surface area contributed by atoms with Crippen molar-refractivity contribution in [3.05, 3.63) is 78.1 Å². The zero-order valence-electron chi connectivity index (χ0n) is 16.2. The van der Waals surface area contributed by atoms with Crippen LogP contribution in [0, 0.1) is 0 Å². The topological polar surface area (TPSA) is 66.1 Å². The summed E-state index contributed by atoms with van der Waals surface area (Å²) < 4.78 is 16.0. The molecule has 4 aromatic rings. The molecule has 0 atom stereocenters. The molecule has 29 heavy (non-hydrogen) atoms. The maximum absolute atomic E-state index is 5.45. The van der Waals surface area contributed by atoms with Gasteiger partial charge in [-0.25, -0.2) is 0 Å². The molecule has 0 aliphatic heterocycles. The molecule has 146 valence electrons. The van der Waals surface area contributed by atoms with Gasteiger partial charge in [-0.2, -0.15) is 0 Å². The molecule has 0 N–H and O–H groups in total. The molecule has 0 aliphatic carbocycles. The first-order valence-electron chi connectivity index (χ1n) is 9.09. The highest BCUT2D eigenvalue weighted by Gasteiger charge is 2.08. The van der Waals surface area contributed by atoms with E-state index in [1.54, 1.807) is 20.4 Å². The Morgan fingerprint density at radius 1 is 0.966 bits per heavy atom. The van der Waals surface area contributed by atoms with Crippen molar-refractivity contribution in [2.75, 3.05) is 14.2 Å². The molecule has 0 aliphatic rings. The molecular weight excluding hydrogens is 368 g/mol. The van der Waals surface area contributed by atoms with Gasteiger partial charge in [0.25, 0.3) is 0 Å². The van der Waals surface area contributed by atoms with Crippen molar-refractivity contribution < 1.29 is 18.8 Å². The van der Waals surface area contributed by atoms with Crippen molar-refractivity contribution in [3.63, 3.8) is 0 Å². The number of aromatic nitrogens is 1. The fourth-order valence-electron chi connectivity index (χ4n) is 3.06. The minimum atomic E-state index is 0.173. The quantitative estimate of drug-likeness (QED) is 0.327. The summed E-state index contributed by atoms with van der Waals surface area (Å²) in [6.07, 6.45) is 1.65. The van der Waals surface area contributed by atoms with Crippen LogP contribution in [-0.2, 0) is 11.4 Å². The van der Waals surface area contributed by atoms with Crippen LogP contribution in [0.25, 0.3) is 22.0 Å². The SMILES string of the molecule is COc1ccc(-c2cc(CO/N=C\c3c(OC)ccc4ccccc34)on2)cc1. The molecule has 0 radical (unpaired) electrons. The Morgan fingerprint density at radius 3 is 2.59 bits per heavy atom. The molecule has 6 heteroatoms. The lowest BCUT2D eigenvalue weighted by Crippen LogP contribution is -1.93. The van der Waals surface area contributed by atoms with E-state index in [1.165, 1.54) is 0 Å². The molecule has 0 saturated heterocycles. The molecule has 6 nitrogen and oxygen atoms in total. The molecular formula is C23H20N2O4. The molecule has 0 fully saturated rings. The van der Waals surface area contributed by atoms with Crippen LogP contribution in [-0.4, -0.2) is 25.6 Å². The molecule has 0 unspecified atom stereocenters. The summed E-state index contributed by atoms with van der Waals surface area (Å²) >= 11 is 0. The lowest BCUT2D eigenvalue weighted by atomic mass is 10.0. The largest absolute Gasteiger partial charge is 0.497 e. The van der Waals surface area contributed by atoms with Crippen LogP contribution in [0.15, 0.2) is 76.4 Å². The van der Waals surface area contributed by atoms with Gasteiger partial charge in [-0.3, -0.25) is 0 Å². The van der Waals surface area contributed by atoms with Crippen LogP contribution in [0.4, 0.5) is 0 Å². The van der Waals surface area contributed by atoms with E-state index in [-0.39, 0.29) is 6.61 Å². The van der Waals surface area contributed by atoms with Gasteiger partial charge in [0.05, 0.1) is 20.4 Å². The van der Waals surface area contributed by atoms with Gasteiger partial charge in [-0.1, -0.05) is 40.6 Å². The second-order valence-corrected chi connectivity index (χ2v) is 6.32. The average molecular weight is 388 g/mol. The van der Waals surface area contributed by atoms with E-state index in [0.717, 1.165) is 39.1 Å². The molecule has 0 bridgehead atoms. The first-order valence-corrected chi connectivity index (χ1v) is 9.09. The summed E-state index contributed by atoms with van der Waals surface area (Å²) in [7, 11) is 3.27. The smallest absolute Gasteiger partial charge is 0.177 e. The average Bonchev–Trinajstić information content (AvgIpc) is 3.25. The third-order valence-electron chi connectivity index (χ3n) is 4.56. The van der Waals surface area contributed by atoms with Gasteiger partial charge in [-0.05, 0) is 41.1 Å². The normalized spacial score (nSPS) is 11.1. The predicted molar refractivity (Wildman–Crippen MR) is 111 cm³/mol. The summed E-state index contributed by atoms with van der Waals surface area (Å²) in [4.78, 5) is 5.42. The van der Waals surface area contributed by atoms with Gasteiger partial charge in [0.1, 0.15) is 17.2 Å². The van der Waals surface area contributed by atoms with Crippen molar-refractivity contribution in [1.29, 1.82) is 0 Å². The molecule has 3 aromatic carbocycles. The Hall–Kier alpha value is -3.80. The van der Waals surface area contributed by atoms with Crippen molar-refractivity contribution in [1.82, 2.24) is 5.16 Å². The van der Waals surface area contributed by atoms with E-state index in [0.29, 0.717) is 5.76 Å². The fourth-order valence-corrected chi connectivity index (χ4v) is 3.06. The Kier molecular flexibility index (Phi) is 5.42. The monoisotopic (exact) mass is 388 g/mol. The maximum Gasteiger partial charge on any atom is 0.177 e. The van der Waals surface area contributed by atoms with Gasteiger partial charge >= 0.3 is 0 Å². The van der Waals surface area contributed by atoms with E-state index < -0.39 is 0 Å². The van der Waals surface area contributed by atoms with E-state index in [4.69, 9.17) is 18.8 Å². The Morgan fingerprint density at radius 2 is 1.79 bits per heavy atom. The van der Waals surface area contributed by atoms with Crippen LogP contribution >= 0.6 is 0 Å². The third kappa shape index (κ3) is 4.06. The second kappa shape index (κ2) is 8.48. The van der Waals surface area contributed by atoms with Gasteiger partial charge in [0.2, 0.25) is 0 Å². The van der Waals surface area contributed by atoms with E-state index in [9.17, 15) is 0 Å². The summed E-state index contributed by atoms with van der Waals surface area (Å²) in [5, 5.41) is 10.3. The molecule has 4 rings (SSSR count). The third-order valence-corrected chi connectivity index (χ3v) is 4.56. The molecule has 1 aromatic heterocycles. The van der Waals surface area contributed by atoms with E-state index in [1.807, 2.05) is 66.7 Å².